The Balaban J connectivity index is 1.79. The number of carbonyl (C=O) groups excluding carboxylic acids is 2. The van der Waals surface area contributed by atoms with Crippen molar-refractivity contribution < 1.29 is 18.0 Å². The summed E-state index contributed by atoms with van der Waals surface area (Å²) in [6.45, 7) is 5.12. The molecule has 3 N–H and O–H groups in total. The summed E-state index contributed by atoms with van der Waals surface area (Å²) in [6, 6.07) is 14.6. The van der Waals surface area contributed by atoms with E-state index in [0.29, 0.717) is 17.0 Å². The van der Waals surface area contributed by atoms with Crippen molar-refractivity contribution in [2.24, 2.45) is 5.14 Å². The van der Waals surface area contributed by atoms with Crippen LogP contribution in [0.5, 0.6) is 0 Å². The van der Waals surface area contributed by atoms with Gasteiger partial charge in [0.15, 0.2) is 0 Å². The monoisotopic (exact) mass is 426 g/mol. The van der Waals surface area contributed by atoms with Crippen molar-refractivity contribution in [3.63, 3.8) is 0 Å². The quantitative estimate of drug-likeness (QED) is 0.462. The fraction of sp³-hybridized carbons (Fsp3) is 0.190. The third kappa shape index (κ3) is 4.32. The van der Waals surface area contributed by atoms with Gasteiger partial charge >= 0.3 is 0 Å². The molecule has 1 unspecified atom stereocenters. The molecular weight excluding hydrogens is 404 g/mol. The fourth-order valence-corrected chi connectivity index (χ4v) is 3.71. The van der Waals surface area contributed by atoms with Crippen molar-refractivity contribution in [3.8, 4) is 5.69 Å². The molecule has 8 nitrogen and oxygen atoms in total. The van der Waals surface area contributed by atoms with Gasteiger partial charge < -0.3 is 5.32 Å². The van der Waals surface area contributed by atoms with Crippen LogP contribution in [-0.2, 0) is 14.8 Å². The highest BCUT2D eigenvalue weighted by Crippen LogP contribution is 2.20. The van der Waals surface area contributed by atoms with Gasteiger partial charge in [-0.05, 0) is 50.6 Å². The number of rotatable bonds is 6. The molecule has 156 valence electrons. The topological polar surface area (TPSA) is 124 Å². The Morgan fingerprint density at radius 2 is 1.63 bits per heavy atom. The Morgan fingerprint density at radius 3 is 2.20 bits per heavy atom. The average Bonchev–Trinajstić information content (AvgIpc) is 3.01. The predicted octanol–water partition coefficient (Wildman–Crippen LogP) is 2.20. The van der Waals surface area contributed by atoms with Crippen LogP contribution >= 0.6 is 0 Å². The van der Waals surface area contributed by atoms with Gasteiger partial charge in [0.2, 0.25) is 10.0 Å². The molecule has 0 spiro atoms. The lowest BCUT2D eigenvalue weighted by molar-refractivity contribution is -0.117. The van der Waals surface area contributed by atoms with Crippen LogP contribution in [-0.4, -0.2) is 29.9 Å². The number of aryl methyl sites for hydroxylation is 1. The zero-order chi connectivity index (χ0) is 22.1. The number of benzene rings is 2. The van der Waals surface area contributed by atoms with Crippen LogP contribution in [0.3, 0.4) is 0 Å². The minimum absolute atomic E-state index is 0.0274. The van der Waals surface area contributed by atoms with Crippen LogP contribution in [0.4, 0.5) is 0 Å². The van der Waals surface area contributed by atoms with Crippen molar-refractivity contribution in [1.29, 1.82) is 0 Å². The van der Waals surface area contributed by atoms with Crippen LogP contribution in [0.25, 0.3) is 5.69 Å². The number of para-hydroxylation sites is 1. The van der Waals surface area contributed by atoms with Gasteiger partial charge in [-0.15, -0.1) is 0 Å². The van der Waals surface area contributed by atoms with E-state index in [-0.39, 0.29) is 10.5 Å². The van der Waals surface area contributed by atoms with Gasteiger partial charge in [0.05, 0.1) is 33.6 Å². The lowest BCUT2D eigenvalue weighted by Gasteiger charge is -2.14. The maximum absolute atomic E-state index is 12.8. The molecule has 0 aliphatic carbocycles. The van der Waals surface area contributed by atoms with Gasteiger partial charge in [-0.1, -0.05) is 30.3 Å². The molecule has 1 aromatic heterocycles. The van der Waals surface area contributed by atoms with E-state index >= 15 is 0 Å². The molecule has 3 rings (SSSR count). The summed E-state index contributed by atoms with van der Waals surface area (Å²) < 4.78 is 24.4. The molecule has 0 fully saturated rings. The Bertz CT molecular complexity index is 1200. The first kappa shape index (κ1) is 21.4. The minimum atomic E-state index is -3.80. The summed E-state index contributed by atoms with van der Waals surface area (Å²) in [5, 5.41) is 12.1. The summed E-state index contributed by atoms with van der Waals surface area (Å²) in [6.07, 6.45) is 0. The number of Topliss-reactive ketones (excluding diaryl/α,β-unsaturated/α-hetero) is 1. The highest BCUT2D eigenvalue weighted by atomic mass is 32.2. The lowest BCUT2D eigenvalue weighted by atomic mass is 10.1. The van der Waals surface area contributed by atoms with Crippen LogP contribution < -0.4 is 10.5 Å². The van der Waals surface area contributed by atoms with E-state index in [1.165, 1.54) is 12.1 Å². The van der Waals surface area contributed by atoms with E-state index in [1.807, 2.05) is 30.3 Å². The number of nitrogens with one attached hydrogen (secondary N) is 1. The van der Waals surface area contributed by atoms with Crippen molar-refractivity contribution in [1.82, 2.24) is 15.1 Å². The van der Waals surface area contributed by atoms with Crippen LogP contribution in [0, 0.1) is 13.8 Å². The average molecular weight is 426 g/mol. The first-order valence-electron chi connectivity index (χ1n) is 9.19. The van der Waals surface area contributed by atoms with E-state index in [2.05, 4.69) is 10.4 Å². The Labute approximate surface area is 174 Å². The third-order valence-electron chi connectivity index (χ3n) is 4.78. The summed E-state index contributed by atoms with van der Waals surface area (Å²) >= 11 is 0. The predicted molar refractivity (Wildman–Crippen MR) is 112 cm³/mol. The largest absolute Gasteiger partial charge is 0.343 e. The SMILES string of the molecule is Cc1nn(-c2ccccc2)c(C)c1C(=O)C(=O)NC(C)c1ccc(S(N)(=O)=O)cc1. The molecule has 1 heterocycles. The van der Waals surface area contributed by atoms with E-state index < -0.39 is 27.8 Å². The van der Waals surface area contributed by atoms with Gasteiger partial charge in [0.25, 0.3) is 11.7 Å². The first-order valence-corrected chi connectivity index (χ1v) is 10.7. The van der Waals surface area contributed by atoms with Crippen LogP contribution in [0.1, 0.15) is 40.3 Å². The molecule has 0 aliphatic rings. The second-order valence-corrected chi connectivity index (χ2v) is 8.49. The summed E-state index contributed by atoms with van der Waals surface area (Å²) in [4.78, 5) is 25.4. The number of hydrogen-bond acceptors (Lipinski definition) is 5. The van der Waals surface area contributed by atoms with E-state index in [1.54, 1.807) is 37.6 Å². The molecule has 2 aromatic carbocycles. The van der Waals surface area contributed by atoms with E-state index in [9.17, 15) is 18.0 Å². The molecule has 0 radical (unpaired) electrons. The maximum atomic E-state index is 12.8. The highest BCUT2D eigenvalue weighted by Gasteiger charge is 2.26. The molecule has 0 saturated carbocycles. The van der Waals surface area contributed by atoms with Gasteiger partial charge in [-0.3, -0.25) is 9.59 Å². The fourth-order valence-electron chi connectivity index (χ4n) is 3.20. The molecule has 0 bridgehead atoms. The molecule has 0 aliphatic heterocycles. The number of nitrogens with two attached hydrogens (primary N) is 1. The summed E-state index contributed by atoms with van der Waals surface area (Å²) in [5.41, 5.74) is 2.72. The van der Waals surface area contributed by atoms with Crippen molar-refractivity contribution >= 4 is 21.7 Å². The van der Waals surface area contributed by atoms with Gasteiger partial charge in [-0.25, -0.2) is 18.2 Å². The number of carbonyl (C=O) groups is 2. The van der Waals surface area contributed by atoms with E-state index in [4.69, 9.17) is 5.14 Å². The Morgan fingerprint density at radius 1 is 1.03 bits per heavy atom. The number of nitrogens with zero attached hydrogens (tertiary/aromatic N) is 2. The van der Waals surface area contributed by atoms with Crippen molar-refractivity contribution in [2.45, 2.75) is 31.7 Å². The van der Waals surface area contributed by atoms with Gasteiger partial charge in [0, 0.05) is 0 Å². The smallest absolute Gasteiger partial charge is 0.293 e. The molecule has 9 heteroatoms. The number of amides is 1. The lowest BCUT2D eigenvalue weighted by Crippen LogP contribution is -2.33. The molecule has 1 atom stereocenters. The second kappa shape index (κ2) is 8.21. The highest BCUT2D eigenvalue weighted by molar-refractivity contribution is 7.89. The molecule has 30 heavy (non-hydrogen) atoms. The van der Waals surface area contributed by atoms with Gasteiger partial charge in [0.1, 0.15) is 0 Å². The maximum Gasteiger partial charge on any atom is 0.293 e. The number of sulfonamides is 1. The number of ketones is 1. The number of aromatic nitrogens is 2. The second-order valence-electron chi connectivity index (χ2n) is 6.93. The third-order valence-corrected chi connectivity index (χ3v) is 5.71. The Hall–Kier alpha value is -3.30. The number of primary sulfonamides is 1. The van der Waals surface area contributed by atoms with Crippen molar-refractivity contribution in [3.05, 3.63) is 77.1 Å². The zero-order valence-corrected chi connectivity index (χ0v) is 17.6. The summed E-state index contributed by atoms with van der Waals surface area (Å²) in [7, 11) is -3.80. The summed E-state index contributed by atoms with van der Waals surface area (Å²) in [5.74, 6) is -1.45. The molecule has 1 amide bonds. The Kier molecular flexibility index (Phi) is 5.86. The van der Waals surface area contributed by atoms with Crippen molar-refractivity contribution in [2.75, 3.05) is 0 Å². The van der Waals surface area contributed by atoms with Crippen LogP contribution in [0.2, 0.25) is 0 Å². The zero-order valence-electron chi connectivity index (χ0n) is 16.8. The molecular formula is C21H22N4O4S. The van der Waals surface area contributed by atoms with E-state index in [0.717, 1.165) is 5.69 Å². The first-order chi connectivity index (χ1) is 14.1. The standard InChI is InChI=1S/C21H22N4O4S/c1-13(16-9-11-18(12-10-16)30(22,28)29)23-21(27)20(26)19-14(2)24-25(15(19)3)17-7-5-4-6-8-17/h4-13H,1-3H3,(H,23,27)(H2,22,28,29). The van der Waals surface area contributed by atoms with Crippen LogP contribution in [0.15, 0.2) is 59.5 Å². The molecule has 3 aromatic rings. The normalized spacial score (nSPS) is 12.4. The molecule has 0 saturated heterocycles. The number of hydrogen-bond donors (Lipinski definition) is 2. The minimum Gasteiger partial charge on any atom is -0.343 e. The van der Waals surface area contributed by atoms with Gasteiger partial charge in [-0.2, -0.15) is 5.10 Å².